The SMILES string of the molecule is CC(C)CCN(C)CC1CCC(C)(C)C1O. The van der Waals surface area contributed by atoms with Gasteiger partial charge >= 0.3 is 0 Å². The Bertz CT molecular complexity index is 213. The van der Waals surface area contributed by atoms with E-state index in [4.69, 9.17) is 0 Å². The van der Waals surface area contributed by atoms with Gasteiger partial charge in [0.1, 0.15) is 0 Å². The van der Waals surface area contributed by atoms with E-state index in [0.29, 0.717) is 5.92 Å². The third-order valence-electron chi connectivity index (χ3n) is 4.04. The van der Waals surface area contributed by atoms with E-state index in [1.165, 1.54) is 12.8 Å². The number of aliphatic hydroxyl groups excluding tert-OH is 1. The number of rotatable bonds is 5. The number of hydrogen-bond acceptors (Lipinski definition) is 2. The average molecular weight is 227 g/mol. The van der Waals surface area contributed by atoms with Crippen LogP contribution < -0.4 is 0 Å². The van der Waals surface area contributed by atoms with Gasteiger partial charge in [-0.05, 0) is 50.1 Å². The molecule has 1 fully saturated rings. The summed E-state index contributed by atoms with van der Waals surface area (Å²) in [5, 5.41) is 10.2. The summed E-state index contributed by atoms with van der Waals surface area (Å²) in [5.41, 5.74) is 0.129. The molecule has 0 bridgehead atoms. The number of nitrogens with zero attached hydrogens (tertiary/aromatic N) is 1. The lowest BCUT2D eigenvalue weighted by atomic mass is 9.87. The van der Waals surface area contributed by atoms with Crippen LogP contribution in [-0.2, 0) is 0 Å². The standard InChI is InChI=1S/C14H29NO/c1-11(2)7-9-15(5)10-12-6-8-14(3,4)13(12)16/h11-13,16H,6-10H2,1-5H3. The van der Waals surface area contributed by atoms with Gasteiger partial charge in [-0.2, -0.15) is 0 Å². The smallest absolute Gasteiger partial charge is 0.0631 e. The molecule has 1 saturated carbocycles. The molecule has 0 saturated heterocycles. The fraction of sp³-hybridized carbons (Fsp3) is 1.00. The zero-order chi connectivity index (χ0) is 12.3. The normalized spacial score (nSPS) is 29.2. The molecular formula is C14H29NO. The summed E-state index contributed by atoms with van der Waals surface area (Å²) < 4.78 is 0. The van der Waals surface area contributed by atoms with Crippen LogP contribution in [0.15, 0.2) is 0 Å². The van der Waals surface area contributed by atoms with E-state index >= 15 is 0 Å². The van der Waals surface area contributed by atoms with Crippen molar-refractivity contribution in [3.8, 4) is 0 Å². The van der Waals surface area contributed by atoms with Crippen LogP contribution in [0.3, 0.4) is 0 Å². The van der Waals surface area contributed by atoms with Crippen molar-refractivity contribution in [1.29, 1.82) is 0 Å². The molecule has 1 aliphatic carbocycles. The molecule has 16 heavy (non-hydrogen) atoms. The minimum Gasteiger partial charge on any atom is -0.392 e. The third kappa shape index (κ3) is 3.74. The van der Waals surface area contributed by atoms with Crippen LogP contribution in [0.5, 0.6) is 0 Å². The Morgan fingerprint density at radius 1 is 1.38 bits per heavy atom. The predicted octanol–water partition coefficient (Wildman–Crippen LogP) is 2.76. The first-order valence-electron chi connectivity index (χ1n) is 6.69. The topological polar surface area (TPSA) is 23.5 Å². The second kappa shape index (κ2) is 5.50. The molecule has 1 aliphatic rings. The molecule has 0 spiro atoms. The Balaban J connectivity index is 2.32. The average Bonchev–Trinajstić information content (AvgIpc) is 2.42. The minimum absolute atomic E-state index is 0.117. The summed E-state index contributed by atoms with van der Waals surface area (Å²) in [5.74, 6) is 1.25. The molecule has 0 amide bonds. The number of hydrogen-bond donors (Lipinski definition) is 1. The van der Waals surface area contributed by atoms with Crippen molar-refractivity contribution in [2.75, 3.05) is 20.1 Å². The van der Waals surface area contributed by atoms with E-state index in [-0.39, 0.29) is 11.5 Å². The highest BCUT2D eigenvalue weighted by molar-refractivity contribution is 4.91. The van der Waals surface area contributed by atoms with Gasteiger partial charge in [0.05, 0.1) is 6.10 Å². The maximum Gasteiger partial charge on any atom is 0.0631 e. The Labute approximate surface area is 101 Å². The maximum absolute atomic E-state index is 10.2. The van der Waals surface area contributed by atoms with E-state index in [0.717, 1.165) is 25.4 Å². The van der Waals surface area contributed by atoms with Gasteiger partial charge in [0.15, 0.2) is 0 Å². The summed E-state index contributed by atoms with van der Waals surface area (Å²) in [6.45, 7) is 11.1. The molecule has 0 aliphatic heterocycles. The minimum atomic E-state index is -0.117. The van der Waals surface area contributed by atoms with Crippen molar-refractivity contribution in [3.63, 3.8) is 0 Å². The van der Waals surface area contributed by atoms with Gasteiger partial charge in [0, 0.05) is 6.54 Å². The summed E-state index contributed by atoms with van der Waals surface area (Å²) in [7, 11) is 2.18. The van der Waals surface area contributed by atoms with Crippen LogP contribution in [0, 0.1) is 17.3 Å². The third-order valence-corrected chi connectivity index (χ3v) is 4.04. The van der Waals surface area contributed by atoms with Crippen molar-refractivity contribution >= 4 is 0 Å². The second-order valence-electron chi connectivity index (χ2n) is 6.68. The molecule has 0 aromatic carbocycles. The monoisotopic (exact) mass is 227 g/mol. The highest BCUT2D eigenvalue weighted by Crippen LogP contribution is 2.41. The Kier molecular flexibility index (Phi) is 4.81. The number of aliphatic hydroxyl groups is 1. The quantitative estimate of drug-likeness (QED) is 0.780. The van der Waals surface area contributed by atoms with Gasteiger partial charge in [0.2, 0.25) is 0 Å². The highest BCUT2D eigenvalue weighted by atomic mass is 16.3. The largest absolute Gasteiger partial charge is 0.392 e. The molecule has 1 N–H and O–H groups in total. The molecule has 0 radical (unpaired) electrons. The van der Waals surface area contributed by atoms with E-state index in [1.807, 2.05) is 0 Å². The molecule has 2 nitrogen and oxygen atoms in total. The lowest BCUT2D eigenvalue weighted by Crippen LogP contribution is -2.35. The van der Waals surface area contributed by atoms with Gasteiger partial charge in [0.25, 0.3) is 0 Å². The zero-order valence-corrected chi connectivity index (χ0v) is 11.7. The van der Waals surface area contributed by atoms with Crippen molar-refractivity contribution < 1.29 is 5.11 Å². The van der Waals surface area contributed by atoms with Crippen LogP contribution in [0.1, 0.15) is 47.0 Å². The summed E-state index contributed by atoms with van der Waals surface area (Å²) >= 11 is 0. The second-order valence-corrected chi connectivity index (χ2v) is 6.68. The van der Waals surface area contributed by atoms with E-state index in [9.17, 15) is 5.11 Å². The maximum atomic E-state index is 10.2. The van der Waals surface area contributed by atoms with E-state index in [2.05, 4.69) is 39.6 Å². The molecule has 1 rings (SSSR count). The van der Waals surface area contributed by atoms with Gasteiger partial charge in [-0.3, -0.25) is 0 Å². The fourth-order valence-corrected chi connectivity index (χ4v) is 2.66. The lowest BCUT2D eigenvalue weighted by molar-refractivity contribution is 0.0352. The van der Waals surface area contributed by atoms with Crippen molar-refractivity contribution in [1.82, 2.24) is 4.90 Å². The van der Waals surface area contributed by atoms with Crippen molar-refractivity contribution in [2.45, 2.75) is 53.1 Å². The van der Waals surface area contributed by atoms with Crippen LogP contribution in [0.2, 0.25) is 0 Å². The van der Waals surface area contributed by atoms with Crippen LogP contribution in [-0.4, -0.2) is 36.2 Å². The first-order chi connectivity index (χ1) is 7.33. The summed E-state index contributed by atoms with van der Waals surface area (Å²) in [6.07, 6.45) is 3.48. The first-order valence-corrected chi connectivity index (χ1v) is 6.69. The van der Waals surface area contributed by atoms with Crippen LogP contribution >= 0.6 is 0 Å². The first kappa shape index (κ1) is 14.0. The van der Waals surface area contributed by atoms with Gasteiger partial charge in [-0.15, -0.1) is 0 Å². The highest BCUT2D eigenvalue weighted by Gasteiger charge is 2.40. The molecule has 0 aromatic heterocycles. The van der Waals surface area contributed by atoms with E-state index < -0.39 is 0 Å². The van der Waals surface area contributed by atoms with E-state index in [1.54, 1.807) is 0 Å². The Hall–Kier alpha value is -0.0800. The van der Waals surface area contributed by atoms with Crippen LogP contribution in [0.25, 0.3) is 0 Å². The van der Waals surface area contributed by atoms with Gasteiger partial charge in [-0.25, -0.2) is 0 Å². The fourth-order valence-electron chi connectivity index (χ4n) is 2.66. The zero-order valence-electron chi connectivity index (χ0n) is 11.7. The summed E-state index contributed by atoms with van der Waals surface area (Å²) in [6, 6.07) is 0. The van der Waals surface area contributed by atoms with Gasteiger partial charge in [-0.1, -0.05) is 27.7 Å². The molecule has 0 aromatic rings. The molecule has 2 atom stereocenters. The molecule has 0 heterocycles. The molecular weight excluding hydrogens is 198 g/mol. The van der Waals surface area contributed by atoms with Crippen LogP contribution in [0.4, 0.5) is 0 Å². The lowest BCUT2D eigenvalue weighted by Gasteiger charge is -2.28. The molecule has 96 valence electrons. The van der Waals surface area contributed by atoms with Gasteiger partial charge < -0.3 is 10.0 Å². The Morgan fingerprint density at radius 2 is 2.00 bits per heavy atom. The summed E-state index contributed by atoms with van der Waals surface area (Å²) in [4.78, 5) is 2.38. The predicted molar refractivity (Wildman–Crippen MR) is 69.5 cm³/mol. The Morgan fingerprint density at radius 3 is 2.44 bits per heavy atom. The van der Waals surface area contributed by atoms with Crippen molar-refractivity contribution in [2.24, 2.45) is 17.3 Å². The van der Waals surface area contributed by atoms with Crippen molar-refractivity contribution in [3.05, 3.63) is 0 Å². The molecule has 2 unspecified atom stereocenters. The molecule has 2 heteroatoms.